The Labute approximate surface area is 119 Å². The van der Waals surface area contributed by atoms with E-state index in [1.54, 1.807) is 4.90 Å². The summed E-state index contributed by atoms with van der Waals surface area (Å²) in [5.74, 6) is 0. The largest absolute Gasteiger partial charge is 0.328 e. The van der Waals surface area contributed by atoms with E-state index in [0.717, 1.165) is 17.8 Å². The molecule has 3 rings (SSSR count). The molecule has 20 heavy (non-hydrogen) atoms. The van der Waals surface area contributed by atoms with Gasteiger partial charge in [0.05, 0.1) is 0 Å². The fourth-order valence-corrected chi connectivity index (χ4v) is 2.78. The molecule has 0 aromatic heterocycles. The van der Waals surface area contributed by atoms with Crippen molar-refractivity contribution in [2.75, 3.05) is 16.8 Å². The number of rotatable bonds is 1. The van der Waals surface area contributed by atoms with Gasteiger partial charge in [0.1, 0.15) is 0 Å². The molecule has 1 heterocycles. The van der Waals surface area contributed by atoms with Gasteiger partial charge in [-0.05, 0) is 37.1 Å². The lowest BCUT2D eigenvalue weighted by Gasteiger charge is -2.28. The molecular formula is C17H18N2O. The van der Waals surface area contributed by atoms with Crippen molar-refractivity contribution in [3.05, 3.63) is 60.2 Å². The Morgan fingerprint density at radius 1 is 1.10 bits per heavy atom. The molecule has 0 aliphatic carbocycles. The van der Waals surface area contributed by atoms with Crippen LogP contribution in [0.5, 0.6) is 0 Å². The van der Waals surface area contributed by atoms with Gasteiger partial charge in [0.25, 0.3) is 0 Å². The molecule has 2 aromatic rings. The van der Waals surface area contributed by atoms with Crippen molar-refractivity contribution < 1.29 is 4.79 Å². The van der Waals surface area contributed by atoms with E-state index in [1.807, 2.05) is 60.5 Å². The van der Waals surface area contributed by atoms with Gasteiger partial charge in [-0.15, -0.1) is 0 Å². The second-order valence-electron chi connectivity index (χ2n) is 5.23. The quantitative estimate of drug-likeness (QED) is 0.772. The summed E-state index contributed by atoms with van der Waals surface area (Å²) < 4.78 is 0. The third-order valence-corrected chi connectivity index (χ3v) is 3.84. The molecule has 1 aliphatic rings. The summed E-state index contributed by atoms with van der Waals surface area (Å²) in [5.41, 5.74) is 3.19. The van der Waals surface area contributed by atoms with Gasteiger partial charge in [0.15, 0.2) is 0 Å². The summed E-state index contributed by atoms with van der Waals surface area (Å²) in [6.07, 6.45) is 0.921. The Hall–Kier alpha value is -2.29. The van der Waals surface area contributed by atoms with Crippen LogP contribution >= 0.6 is 0 Å². The second-order valence-corrected chi connectivity index (χ2v) is 5.23. The Morgan fingerprint density at radius 2 is 1.75 bits per heavy atom. The molecule has 3 heteroatoms. The van der Waals surface area contributed by atoms with Crippen molar-refractivity contribution in [1.29, 1.82) is 0 Å². The van der Waals surface area contributed by atoms with Crippen molar-refractivity contribution in [2.45, 2.75) is 19.4 Å². The van der Waals surface area contributed by atoms with E-state index in [4.69, 9.17) is 0 Å². The predicted octanol–water partition coefficient (Wildman–Crippen LogP) is 3.69. The van der Waals surface area contributed by atoms with Gasteiger partial charge in [0, 0.05) is 24.5 Å². The van der Waals surface area contributed by atoms with Gasteiger partial charge in [-0.2, -0.15) is 0 Å². The van der Waals surface area contributed by atoms with E-state index in [1.165, 1.54) is 5.56 Å². The number of hydrogen-bond acceptors (Lipinski definition) is 1. The number of benzene rings is 2. The molecule has 0 N–H and O–H groups in total. The molecule has 0 saturated heterocycles. The van der Waals surface area contributed by atoms with E-state index in [-0.39, 0.29) is 12.1 Å². The van der Waals surface area contributed by atoms with Crippen molar-refractivity contribution in [3.63, 3.8) is 0 Å². The maximum absolute atomic E-state index is 12.8. The topological polar surface area (TPSA) is 23.6 Å². The first-order valence-corrected chi connectivity index (χ1v) is 6.88. The summed E-state index contributed by atoms with van der Waals surface area (Å²) in [7, 11) is 1.82. The second kappa shape index (κ2) is 5.00. The fraction of sp³-hybridized carbons (Fsp3) is 0.235. The van der Waals surface area contributed by atoms with E-state index in [0.29, 0.717) is 0 Å². The van der Waals surface area contributed by atoms with Crippen molar-refractivity contribution >= 4 is 17.4 Å². The molecule has 1 unspecified atom stereocenters. The van der Waals surface area contributed by atoms with Crippen LogP contribution in [0.3, 0.4) is 0 Å². The highest BCUT2D eigenvalue weighted by Gasteiger charge is 2.32. The highest BCUT2D eigenvalue weighted by Crippen LogP contribution is 2.33. The number of carbonyl (C=O) groups is 1. The molecule has 1 atom stereocenters. The van der Waals surface area contributed by atoms with E-state index in [2.05, 4.69) is 13.0 Å². The minimum absolute atomic E-state index is 0.0219. The van der Waals surface area contributed by atoms with Gasteiger partial charge in [-0.1, -0.05) is 36.4 Å². The number of amides is 2. The summed E-state index contributed by atoms with van der Waals surface area (Å²) in [6, 6.07) is 18.1. The number of urea groups is 1. The SMILES string of the molecule is CC1Cc2ccccc2N1C(=O)N(C)c1ccccc1. The first-order chi connectivity index (χ1) is 9.68. The monoisotopic (exact) mass is 266 g/mol. The van der Waals surface area contributed by atoms with Gasteiger partial charge >= 0.3 is 6.03 Å². The fourth-order valence-electron chi connectivity index (χ4n) is 2.78. The molecule has 0 bridgehead atoms. The van der Waals surface area contributed by atoms with Gasteiger partial charge in [-0.25, -0.2) is 4.79 Å². The van der Waals surface area contributed by atoms with Crippen molar-refractivity contribution in [2.24, 2.45) is 0 Å². The van der Waals surface area contributed by atoms with Crippen LogP contribution in [0.1, 0.15) is 12.5 Å². The molecule has 0 spiro atoms. The highest BCUT2D eigenvalue weighted by molar-refractivity contribution is 6.04. The highest BCUT2D eigenvalue weighted by atomic mass is 16.2. The standard InChI is InChI=1S/C17H18N2O/c1-13-12-14-8-6-7-11-16(14)19(13)17(20)18(2)15-9-4-3-5-10-15/h3-11,13H,12H2,1-2H3. The number of hydrogen-bond donors (Lipinski definition) is 0. The Bertz CT molecular complexity index is 624. The summed E-state index contributed by atoms with van der Waals surface area (Å²) in [5, 5.41) is 0. The predicted molar refractivity (Wildman–Crippen MR) is 82.3 cm³/mol. The van der Waals surface area contributed by atoms with Crippen LogP contribution in [0.25, 0.3) is 0 Å². The molecule has 102 valence electrons. The summed E-state index contributed by atoms with van der Waals surface area (Å²) in [4.78, 5) is 16.4. The molecule has 2 amide bonds. The van der Waals surface area contributed by atoms with E-state index in [9.17, 15) is 4.79 Å². The maximum Gasteiger partial charge on any atom is 0.328 e. The van der Waals surface area contributed by atoms with Gasteiger partial charge < -0.3 is 0 Å². The third kappa shape index (κ3) is 2.05. The number of para-hydroxylation sites is 2. The summed E-state index contributed by atoms with van der Waals surface area (Å²) in [6.45, 7) is 2.09. The number of carbonyl (C=O) groups excluding carboxylic acids is 1. The van der Waals surface area contributed by atoms with Crippen molar-refractivity contribution in [1.82, 2.24) is 0 Å². The van der Waals surface area contributed by atoms with Crippen molar-refractivity contribution in [3.8, 4) is 0 Å². The zero-order valence-electron chi connectivity index (χ0n) is 11.8. The lowest BCUT2D eigenvalue weighted by Crippen LogP contribution is -2.44. The third-order valence-electron chi connectivity index (χ3n) is 3.84. The van der Waals surface area contributed by atoms with Crippen LogP contribution in [0.2, 0.25) is 0 Å². The zero-order chi connectivity index (χ0) is 14.1. The van der Waals surface area contributed by atoms with Gasteiger partial charge in [-0.3, -0.25) is 9.80 Å². The Balaban J connectivity index is 1.91. The van der Waals surface area contributed by atoms with Crippen LogP contribution in [0.4, 0.5) is 16.2 Å². The molecule has 3 nitrogen and oxygen atoms in total. The normalized spacial score (nSPS) is 16.9. The molecule has 0 fully saturated rings. The molecular weight excluding hydrogens is 248 g/mol. The van der Waals surface area contributed by atoms with E-state index < -0.39 is 0 Å². The first-order valence-electron chi connectivity index (χ1n) is 6.88. The molecule has 0 saturated carbocycles. The minimum atomic E-state index is 0.0219. The number of anilines is 2. The van der Waals surface area contributed by atoms with Crippen LogP contribution in [-0.2, 0) is 6.42 Å². The number of nitrogens with zero attached hydrogens (tertiary/aromatic N) is 2. The lowest BCUT2D eigenvalue weighted by atomic mass is 10.1. The van der Waals surface area contributed by atoms with Crippen LogP contribution < -0.4 is 9.80 Å². The molecule has 2 aromatic carbocycles. The maximum atomic E-state index is 12.8. The van der Waals surface area contributed by atoms with Crippen LogP contribution in [-0.4, -0.2) is 19.1 Å². The first kappa shape index (κ1) is 12.7. The average molecular weight is 266 g/mol. The smallest absolute Gasteiger partial charge is 0.297 e. The van der Waals surface area contributed by atoms with Crippen LogP contribution in [0.15, 0.2) is 54.6 Å². The van der Waals surface area contributed by atoms with Gasteiger partial charge in [0.2, 0.25) is 0 Å². The van der Waals surface area contributed by atoms with Crippen LogP contribution in [0, 0.1) is 0 Å². The summed E-state index contributed by atoms with van der Waals surface area (Å²) >= 11 is 0. The zero-order valence-corrected chi connectivity index (χ0v) is 11.8. The number of fused-ring (bicyclic) bond motifs is 1. The Morgan fingerprint density at radius 3 is 2.50 bits per heavy atom. The lowest BCUT2D eigenvalue weighted by molar-refractivity contribution is 0.251. The Kier molecular flexibility index (Phi) is 3.18. The minimum Gasteiger partial charge on any atom is -0.297 e. The van der Waals surface area contributed by atoms with E-state index >= 15 is 0 Å². The molecule has 0 radical (unpaired) electrons. The average Bonchev–Trinajstić information content (AvgIpc) is 2.82. The molecule has 1 aliphatic heterocycles.